The largest absolute Gasteiger partial charge is 0.300 e. The average molecular weight is 583 g/mol. The van der Waals surface area contributed by atoms with E-state index in [1.807, 2.05) is 6.07 Å². The van der Waals surface area contributed by atoms with Gasteiger partial charge in [0.05, 0.1) is 47.8 Å². The van der Waals surface area contributed by atoms with Crippen molar-refractivity contribution in [1.29, 1.82) is 0 Å². The van der Waals surface area contributed by atoms with Crippen molar-refractivity contribution in [2.45, 2.75) is 19.3 Å². The maximum Gasteiger partial charge on any atom is 0.199 e. The predicted molar refractivity (Wildman–Crippen MR) is 154 cm³/mol. The Morgan fingerprint density at radius 2 is 1.41 bits per heavy atom. The van der Waals surface area contributed by atoms with Gasteiger partial charge < -0.3 is 4.57 Å². The quantitative estimate of drug-likeness (QED) is 0.0854. The molecule has 2 aromatic heterocycles. The Bertz CT molecular complexity index is 1890. The average Bonchev–Trinajstić information content (AvgIpc) is 3.53. The minimum Gasteiger partial charge on any atom is -0.300 e. The zero-order valence-electron chi connectivity index (χ0n) is 19.4. The molecule has 8 heteroatoms. The van der Waals surface area contributed by atoms with Gasteiger partial charge in [-0.25, -0.2) is 0 Å². The van der Waals surface area contributed by atoms with Gasteiger partial charge in [-0.05, 0) is 29.3 Å². The first-order valence-corrected chi connectivity index (χ1v) is 13.8. The number of fused-ring (bicyclic) bond motifs is 6. The number of thiophene rings is 1. The van der Waals surface area contributed by atoms with E-state index >= 15 is 0 Å². The molecule has 0 saturated carbocycles. The maximum absolute atomic E-state index is 13.3. The summed E-state index contributed by atoms with van der Waals surface area (Å²) >= 11 is 26.5. The van der Waals surface area contributed by atoms with Crippen molar-refractivity contribution in [1.82, 2.24) is 4.57 Å². The summed E-state index contributed by atoms with van der Waals surface area (Å²) in [4.78, 5) is 27.5. The molecule has 0 unspecified atom stereocenters. The topological polar surface area (TPSA) is 39.1 Å². The second-order valence-corrected chi connectivity index (χ2v) is 12.3. The van der Waals surface area contributed by atoms with Crippen LogP contribution in [0.1, 0.15) is 50.6 Å². The van der Waals surface area contributed by atoms with Crippen molar-refractivity contribution in [2.24, 2.45) is 0 Å². The van der Waals surface area contributed by atoms with Crippen molar-refractivity contribution >= 4 is 97.2 Å². The predicted octanol–water partition coefficient (Wildman–Crippen LogP) is 9.56. The van der Waals surface area contributed by atoms with Crippen LogP contribution < -0.4 is 0 Å². The van der Waals surface area contributed by atoms with Crippen LogP contribution in [0.15, 0.2) is 54.1 Å². The van der Waals surface area contributed by atoms with Crippen LogP contribution in [-0.2, 0) is 5.41 Å². The van der Waals surface area contributed by atoms with E-state index in [4.69, 9.17) is 46.4 Å². The zero-order valence-corrected chi connectivity index (χ0v) is 23.2. The fourth-order valence-corrected chi connectivity index (χ4v) is 7.97. The first-order valence-electron chi connectivity index (χ1n) is 11.5. The van der Waals surface area contributed by atoms with Gasteiger partial charge in [0.15, 0.2) is 11.6 Å². The van der Waals surface area contributed by atoms with Crippen molar-refractivity contribution < 1.29 is 9.59 Å². The fourth-order valence-electron chi connectivity index (χ4n) is 5.67. The lowest BCUT2D eigenvalue weighted by Crippen LogP contribution is -2.24. The molecule has 182 valence electrons. The Balaban J connectivity index is 1.47. The SMILES string of the molecule is CC1(C)c2cc(C=C3C(=O)c4c(Cl)c(Cl)c(Cl)c(Cl)c4C3=O)sc2-n2c3ccccc3c3cccc1c32. The normalized spacial score (nSPS) is 15.6. The van der Waals surface area contributed by atoms with Crippen molar-refractivity contribution in [3.8, 4) is 5.00 Å². The second kappa shape index (κ2) is 7.72. The number of nitrogens with zero attached hydrogens (tertiary/aromatic N) is 1. The highest BCUT2D eigenvalue weighted by Crippen LogP contribution is 2.51. The summed E-state index contributed by atoms with van der Waals surface area (Å²) in [6.07, 6.45) is 1.63. The summed E-state index contributed by atoms with van der Waals surface area (Å²) in [5, 5.41) is 3.26. The number of carbonyl (C=O) groups is 2. The molecule has 0 radical (unpaired) electrons. The molecule has 3 heterocycles. The number of allylic oxidation sites excluding steroid dienone is 1. The summed E-state index contributed by atoms with van der Waals surface area (Å²) in [6, 6.07) is 16.9. The molecule has 0 amide bonds. The second-order valence-electron chi connectivity index (χ2n) is 9.77. The van der Waals surface area contributed by atoms with E-state index < -0.39 is 11.6 Å². The molecular weight excluding hydrogens is 568 g/mol. The third-order valence-electron chi connectivity index (χ3n) is 7.47. The number of para-hydroxylation sites is 2. The number of hydrogen-bond acceptors (Lipinski definition) is 3. The van der Waals surface area contributed by atoms with Gasteiger partial charge in [-0.15, -0.1) is 11.3 Å². The molecule has 3 nitrogen and oxygen atoms in total. The van der Waals surface area contributed by atoms with Crippen molar-refractivity contribution in [3.63, 3.8) is 0 Å². The van der Waals surface area contributed by atoms with Gasteiger partial charge in [-0.3, -0.25) is 9.59 Å². The molecule has 3 aromatic carbocycles. The van der Waals surface area contributed by atoms with Crippen molar-refractivity contribution in [3.05, 3.63) is 101 Å². The summed E-state index contributed by atoms with van der Waals surface area (Å²) in [7, 11) is 0. The Morgan fingerprint density at radius 1 is 0.784 bits per heavy atom. The van der Waals surface area contributed by atoms with Gasteiger partial charge in [0.25, 0.3) is 0 Å². The highest BCUT2D eigenvalue weighted by molar-refractivity contribution is 7.15. The van der Waals surface area contributed by atoms with Crippen LogP contribution in [0.5, 0.6) is 0 Å². The number of aromatic nitrogens is 1. The van der Waals surface area contributed by atoms with Gasteiger partial charge in [0.2, 0.25) is 0 Å². The monoisotopic (exact) mass is 581 g/mol. The molecular formula is C29H15Cl4NO2S. The number of halogens is 4. The van der Waals surface area contributed by atoms with Crippen LogP contribution >= 0.6 is 57.7 Å². The molecule has 0 atom stereocenters. The first kappa shape index (κ1) is 23.5. The maximum atomic E-state index is 13.3. The van der Waals surface area contributed by atoms with Crippen LogP contribution in [0.3, 0.4) is 0 Å². The van der Waals surface area contributed by atoms with Crippen LogP contribution in [0.4, 0.5) is 0 Å². The number of hydrogen-bond donors (Lipinski definition) is 0. The van der Waals surface area contributed by atoms with Crippen molar-refractivity contribution in [2.75, 3.05) is 0 Å². The zero-order chi connectivity index (χ0) is 26.0. The summed E-state index contributed by atoms with van der Waals surface area (Å²) < 4.78 is 2.30. The molecule has 5 aromatic rings. The van der Waals surface area contributed by atoms with E-state index in [2.05, 4.69) is 60.9 Å². The lowest BCUT2D eigenvalue weighted by atomic mass is 9.76. The molecule has 7 rings (SSSR count). The molecule has 37 heavy (non-hydrogen) atoms. The van der Waals surface area contributed by atoms with E-state index in [0.717, 1.165) is 21.0 Å². The van der Waals surface area contributed by atoms with Crippen LogP contribution in [0.25, 0.3) is 32.9 Å². The Kier molecular flexibility index (Phi) is 4.90. The van der Waals surface area contributed by atoms with Gasteiger partial charge >= 0.3 is 0 Å². The Hall–Kier alpha value is -2.60. The smallest absolute Gasteiger partial charge is 0.199 e. The minimum absolute atomic E-state index is 0.00415. The van der Waals surface area contributed by atoms with E-state index in [0.29, 0.717) is 0 Å². The van der Waals surface area contributed by atoms with Gasteiger partial charge in [-0.2, -0.15) is 0 Å². The lowest BCUT2D eigenvalue weighted by molar-refractivity contribution is 0.0990. The third kappa shape index (κ3) is 2.91. The summed E-state index contributed by atoms with van der Waals surface area (Å²) in [5.41, 5.74) is 4.38. The number of benzene rings is 3. The lowest BCUT2D eigenvalue weighted by Gasteiger charge is -2.32. The molecule has 0 fully saturated rings. The van der Waals surface area contributed by atoms with Gasteiger partial charge in [0.1, 0.15) is 5.00 Å². The van der Waals surface area contributed by atoms with E-state index in [1.54, 1.807) is 17.4 Å². The number of rotatable bonds is 1. The Labute approximate surface area is 235 Å². The molecule has 0 spiro atoms. The summed E-state index contributed by atoms with van der Waals surface area (Å²) in [6.45, 7) is 4.41. The van der Waals surface area contributed by atoms with Crippen LogP contribution in [-0.4, -0.2) is 16.1 Å². The number of ketones is 2. The standard InChI is InChI=1S/C29H15Cl4NO2S/c1-29(2)16-8-5-7-14-13-6-3-4-9-18(13)34(25(14)16)28-17(29)11-12(37-28)10-15-26(35)19-20(27(15)36)22(31)24(33)23(32)21(19)30/h3-11H,1-2H3. The molecule has 1 aliphatic heterocycles. The van der Waals surface area contributed by atoms with E-state index in [-0.39, 0.29) is 42.2 Å². The molecule has 0 bridgehead atoms. The van der Waals surface area contributed by atoms with Crippen LogP contribution in [0.2, 0.25) is 20.1 Å². The molecule has 2 aliphatic rings. The number of Topliss-reactive ketones (excluding diaryl/α,β-unsaturated/α-hetero) is 2. The highest BCUT2D eigenvalue weighted by Gasteiger charge is 2.41. The summed E-state index contributed by atoms with van der Waals surface area (Å²) in [5.74, 6) is -1.01. The van der Waals surface area contributed by atoms with Gasteiger partial charge in [-0.1, -0.05) is 96.6 Å². The van der Waals surface area contributed by atoms with E-state index in [9.17, 15) is 9.59 Å². The fraction of sp³-hybridized carbons (Fsp3) is 0.103. The van der Waals surface area contributed by atoms with E-state index in [1.165, 1.54) is 21.9 Å². The van der Waals surface area contributed by atoms with Gasteiger partial charge in [0, 0.05) is 21.1 Å². The first-order chi connectivity index (χ1) is 17.6. The minimum atomic E-state index is -0.506. The Morgan fingerprint density at radius 3 is 2.08 bits per heavy atom. The number of carbonyl (C=O) groups excluding carboxylic acids is 2. The molecule has 0 saturated heterocycles. The van der Waals surface area contributed by atoms with Crippen LogP contribution in [0, 0.1) is 0 Å². The third-order valence-corrected chi connectivity index (χ3v) is 10.3. The molecule has 0 N–H and O–H groups in total. The molecule has 1 aliphatic carbocycles. The highest BCUT2D eigenvalue weighted by atomic mass is 35.5.